The second-order valence-corrected chi connectivity index (χ2v) is 6.80. The maximum absolute atomic E-state index is 12.5. The summed E-state index contributed by atoms with van der Waals surface area (Å²) in [6, 6.07) is 5.36. The van der Waals surface area contributed by atoms with Gasteiger partial charge in [-0.25, -0.2) is 9.97 Å². The van der Waals surface area contributed by atoms with Gasteiger partial charge in [0.2, 0.25) is 0 Å². The van der Waals surface area contributed by atoms with Crippen molar-refractivity contribution in [2.45, 2.75) is 19.5 Å². The number of nitrogens with zero attached hydrogens (tertiary/aromatic N) is 3. The molecule has 0 radical (unpaired) electrons. The first-order chi connectivity index (χ1) is 13.1. The van der Waals surface area contributed by atoms with Gasteiger partial charge in [0.1, 0.15) is 11.0 Å². The van der Waals surface area contributed by atoms with Crippen LogP contribution in [0.2, 0.25) is 5.15 Å². The number of pyridine rings is 1. The largest absolute Gasteiger partial charge is 0.493 e. The van der Waals surface area contributed by atoms with Crippen LogP contribution in [-0.2, 0) is 19.5 Å². The maximum atomic E-state index is 12.5. The summed E-state index contributed by atoms with van der Waals surface area (Å²) < 4.78 is 10.6. The van der Waals surface area contributed by atoms with E-state index in [0.717, 1.165) is 30.6 Å². The van der Waals surface area contributed by atoms with Crippen LogP contribution in [0.15, 0.2) is 29.2 Å². The zero-order valence-electron chi connectivity index (χ0n) is 15.1. The molecule has 0 saturated heterocycles. The minimum Gasteiger partial charge on any atom is -0.493 e. The summed E-state index contributed by atoms with van der Waals surface area (Å²) in [5.74, 6) is 1.66. The van der Waals surface area contributed by atoms with Crippen molar-refractivity contribution in [1.82, 2.24) is 19.9 Å². The van der Waals surface area contributed by atoms with E-state index in [1.807, 2.05) is 6.07 Å². The highest BCUT2D eigenvalue weighted by Gasteiger charge is 2.20. The summed E-state index contributed by atoms with van der Waals surface area (Å²) >= 11 is 6.18. The number of rotatable bonds is 4. The Balaban J connectivity index is 1.64. The minimum absolute atomic E-state index is 0.194. The Kier molecular flexibility index (Phi) is 4.72. The monoisotopic (exact) mass is 386 g/mol. The SMILES string of the molecule is COc1cc2nc(CN3CCc4c(ccnc4Cl)C3)[nH]c(=O)c2cc1OC. The first-order valence-electron chi connectivity index (χ1n) is 8.58. The van der Waals surface area contributed by atoms with Crippen LogP contribution in [0.5, 0.6) is 11.5 Å². The van der Waals surface area contributed by atoms with Gasteiger partial charge >= 0.3 is 0 Å². The Morgan fingerprint density at radius 1 is 1.26 bits per heavy atom. The molecular formula is C19H19ClN4O3. The number of fused-ring (bicyclic) bond motifs is 2. The lowest BCUT2D eigenvalue weighted by atomic mass is 10.0. The number of ether oxygens (including phenoxy) is 2. The quantitative estimate of drug-likeness (QED) is 0.694. The Morgan fingerprint density at radius 3 is 2.81 bits per heavy atom. The predicted octanol–water partition coefficient (Wildman–Crippen LogP) is 2.55. The number of nitrogens with one attached hydrogen (secondary N) is 1. The molecule has 0 atom stereocenters. The average molecular weight is 387 g/mol. The van der Waals surface area contributed by atoms with Crippen LogP contribution in [0.3, 0.4) is 0 Å². The van der Waals surface area contributed by atoms with Crippen LogP contribution >= 0.6 is 11.6 Å². The van der Waals surface area contributed by atoms with E-state index < -0.39 is 0 Å². The van der Waals surface area contributed by atoms with Gasteiger partial charge in [-0.05, 0) is 29.7 Å². The van der Waals surface area contributed by atoms with Gasteiger partial charge in [0.05, 0.1) is 31.7 Å². The van der Waals surface area contributed by atoms with Gasteiger partial charge in [0.25, 0.3) is 5.56 Å². The number of hydrogen-bond acceptors (Lipinski definition) is 6. The average Bonchev–Trinajstić information content (AvgIpc) is 2.67. The molecule has 4 rings (SSSR count). The molecule has 7 nitrogen and oxygen atoms in total. The molecule has 3 aromatic rings. The second kappa shape index (κ2) is 7.17. The fourth-order valence-corrected chi connectivity index (χ4v) is 3.71. The lowest BCUT2D eigenvalue weighted by Gasteiger charge is -2.28. The molecule has 0 bridgehead atoms. The van der Waals surface area contributed by atoms with Gasteiger partial charge in [-0.1, -0.05) is 11.6 Å². The zero-order chi connectivity index (χ0) is 19.0. The van der Waals surface area contributed by atoms with E-state index in [-0.39, 0.29) is 5.56 Å². The number of H-pyrrole nitrogens is 1. The van der Waals surface area contributed by atoms with Gasteiger partial charge in [-0.2, -0.15) is 0 Å². The van der Waals surface area contributed by atoms with E-state index in [4.69, 9.17) is 21.1 Å². The van der Waals surface area contributed by atoms with Gasteiger partial charge in [-0.15, -0.1) is 0 Å². The summed E-state index contributed by atoms with van der Waals surface area (Å²) in [5.41, 5.74) is 2.65. The van der Waals surface area contributed by atoms with Crippen molar-refractivity contribution in [3.63, 3.8) is 0 Å². The minimum atomic E-state index is -0.194. The number of aromatic amines is 1. The molecule has 0 aliphatic carbocycles. The molecule has 0 saturated carbocycles. The molecule has 2 aromatic heterocycles. The molecule has 0 fully saturated rings. The number of benzene rings is 1. The molecule has 0 unspecified atom stereocenters. The molecule has 140 valence electrons. The lowest BCUT2D eigenvalue weighted by molar-refractivity contribution is 0.239. The van der Waals surface area contributed by atoms with Crippen molar-refractivity contribution in [1.29, 1.82) is 0 Å². The zero-order valence-corrected chi connectivity index (χ0v) is 15.8. The second-order valence-electron chi connectivity index (χ2n) is 6.44. The lowest BCUT2D eigenvalue weighted by Crippen LogP contribution is -2.31. The van der Waals surface area contributed by atoms with Gasteiger partial charge in [0, 0.05) is 25.4 Å². The van der Waals surface area contributed by atoms with Crippen LogP contribution in [0.4, 0.5) is 0 Å². The smallest absolute Gasteiger partial charge is 0.258 e. The van der Waals surface area contributed by atoms with E-state index in [2.05, 4.69) is 19.9 Å². The summed E-state index contributed by atoms with van der Waals surface area (Å²) in [6.45, 7) is 2.11. The Hall–Kier alpha value is -2.64. The first kappa shape index (κ1) is 17.8. The molecule has 1 aromatic carbocycles. The maximum Gasteiger partial charge on any atom is 0.258 e. The summed E-state index contributed by atoms with van der Waals surface area (Å²) in [7, 11) is 3.10. The topological polar surface area (TPSA) is 80.3 Å². The van der Waals surface area contributed by atoms with Gasteiger partial charge in [0.15, 0.2) is 11.5 Å². The highest BCUT2D eigenvalue weighted by atomic mass is 35.5. The van der Waals surface area contributed by atoms with E-state index in [0.29, 0.717) is 39.9 Å². The highest BCUT2D eigenvalue weighted by Crippen LogP contribution is 2.30. The third-order valence-electron chi connectivity index (χ3n) is 4.81. The number of aromatic nitrogens is 3. The third-order valence-corrected chi connectivity index (χ3v) is 5.13. The Morgan fingerprint density at radius 2 is 2.04 bits per heavy atom. The highest BCUT2D eigenvalue weighted by molar-refractivity contribution is 6.30. The van der Waals surface area contributed by atoms with Crippen LogP contribution < -0.4 is 15.0 Å². The molecule has 0 spiro atoms. The molecule has 8 heteroatoms. The van der Waals surface area contributed by atoms with Gasteiger partial charge < -0.3 is 14.5 Å². The molecule has 0 amide bonds. The van der Waals surface area contributed by atoms with E-state index >= 15 is 0 Å². The van der Waals surface area contributed by atoms with Crippen molar-refractivity contribution < 1.29 is 9.47 Å². The van der Waals surface area contributed by atoms with Crippen molar-refractivity contribution >= 4 is 22.5 Å². The molecule has 1 aliphatic rings. The number of halogens is 1. The van der Waals surface area contributed by atoms with Crippen molar-refractivity contribution in [3.8, 4) is 11.5 Å². The van der Waals surface area contributed by atoms with E-state index in [1.165, 1.54) is 7.11 Å². The predicted molar refractivity (Wildman–Crippen MR) is 103 cm³/mol. The third kappa shape index (κ3) is 3.36. The van der Waals surface area contributed by atoms with E-state index in [9.17, 15) is 4.79 Å². The normalized spacial score (nSPS) is 14.2. The van der Waals surface area contributed by atoms with Crippen molar-refractivity contribution in [2.24, 2.45) is 0 Å². The van der Waals surface area contributed by atoms with E-state index in [1.54, 1.807) is 25.4 Å². The molecular weight excluding hydrogens is 368 g/mol. The summed E-state index contributed by atoms with van der Waals surface area (Å²) in [6.07, 6.45) is 2.55. The van der Waals surface area contributed by atoms with Crippen LogP contribution in [0.25, 0.3) is 10.9 Å². The standard InChI is InChI=1S/C19H19ClN4O3/c1-26-15-7-13-14(8-16(15)27-2)22-17(23-19(13)25)10-24-6-4-12-11(9-24)3-5-21-18(12)20/h3,5,7-8H,4,6,9-10H2,1-2H3,(H,22,23,25). The Labute approximate surface area is 160 Å². The number of methoxy groups -OCH3 is 2. The van der Waals surface area contributed by atoms with Gasteiger partial charge in [-0.3, -0.25) is 9.69 Å². The first-order valence-corrected chi connectivity index (χ1v) is 8.96. The molecule has 3 heterocycles. The van der Waals surface area contributed by atoms with Crippen LogP contribution in [-0.4, -0.2) is 40.6 Å². The van der Waals surface area contributed by atoms with Crippen LogP contribution in [0, 0.1) is 0 Å². The fraction of sp³-hybridized carbons (Fsp3) is 0.316. The molecule has 27 heavy (non-hydrogen) atoms. The molecule has 1 aliphatic heterocycles. The Bertz CT molecular complexity index is 1070. The molecule has 1 N–H and O–H groups in total. The van der Waals surface area contributed by atoms with Crippen molar-refractivity contribution in [3.05, 3.63) is 56.9 Å². The summed E-state index contributed by atoms with van der Waals surface area (Å²) in [5, 5.41) is 1.05. The summed E-state index contributed by atoms with van der Waals surface area (Å²) in [4.78, 5) is 26.4. The number of hydrogen-bond donors (Lipinski definition) is 1. The van der Waals surface area contributed by atoms with Crippen molar-refractivity contribution in [2.75, 3.05) is 20.8 Å². The van der Waals surface area contributed by atoms with Crippen LogP contribution in [0.1, 0.15) is 17.0 Å². The fourth-order valence-electron chi connectivity index (χ4n) is 3.44.